The highest BCUT2D eigenvalue weighted by Crippen LogP contribution is 2.40. The Morgan fingerprint density at radius 2 is 1.62 bits per heavy atom. The highest BCUT2D eigenvalue weighted by atomic mass is 79.9. The van der Waals surface area contributed by atoms with Crippen molar-refractivity contribution in [1.29, 1.82) is 0 Å². The molecule has 0 unspecified atom stereocenters. The lowest BCUT2D eigenvalue weighted by Gasteiger charge is -2.26. The molecule has 6 nitrogen and oxygen atoms in total. The Morgan fingerprint density at radius 3 is 2.17 bits per heavy atom. The fourth-order valence-corrected chi connectivity index (χ4v) is 3.95. The number of ether oxygens (including phenoxy) is 3. The Morgan fingerprint density at radius 1 is 0.966 bits per heavy atom. The molecule has 0 bridgehead atoms. The number of hydrogen-bond donors (Lipinski definition) is 0. The molecular formula is C22H21BrO6. The molecule has 0 radical (unpaired) electrons. The van der Waals surface area contributed by atoms with Crippen LogP contribution < -0.4 is 9.47 Å². The summed E-state index contributed by atoms with van der Waals surface area (Å²) >= 11 is 3.36. The number of alkyl halides is 1. The second-order valence-corrected chi connectivity index (χ2v) is 8.09. The van der Waals surface area contributed by atoms with Crippen LogP contribution in [-0.2, 0) is 10.1 Å². The molecule has 1 aliphatic carbocycles. The monoisotopic (exact) mass is 460 g/mol. The molecule has 0 amide bonds. The van der Waals surface area contributed by atoms with Crippen molar-refractivity contribution in [3.63, 3.8) is 0 Å². The van der Waals surface area contributed by atoms with E-state index >= 15 is 0 Å². The number of fused-ring (bicyclic) bond motifs is 2. The van der Waals surface area contributed by atoms with E-state index in [4.69, 9.17) is 14.2 Å². The Balaban J connectivity index is 2.32. The maximum Gasteiger partial charge on any atom is 0.342 e. The molecule has 0 atom stereocenters. The third-order valence-electron chi connectivity index (χ3n) is 4.54. The number of carbonyl (C=O) groups excluding carboxylic acids is 3. The average molecular weight is 461 g/mol. The van der Waals surface area contributed by atoms with E-state index in [9.17, 15) is 14.4 Å². The van der Waals surface area contributed by atoms with E-state index in [1.165, 1.54) is 20.3 Å². The van der Waals surface area contributed by atoms with Gasteiger partial charge in [-0.2, -0.15) is 0 Å². The molecule has 152 valence electrons. The van der Waals surface area contributed by atoms with E-state index in [1.54, 1.807) is 39.0 Å². The van der Waals surface area contributed by atoms with Gasteiger partial charge in [0, 0.05) is 22.0 Å². The Bertz CT molecular complexity index is 1030. The number of rotatable bonds is 4. The summed E-state index contributed by atoms with van der Waals surface area (Å²) in [4.78, 5) is 39.5. The molecule has 0 aromatic heterocycles. The maximum absolute atomic E-state index is 13.4. The maximum atomic E-state index is 13.4. The van der Waals surface area contributed by atoms with Crippen molar-refractivity contribution in [1.82, 2.24) is 0 Å². The van der Waals surface area contributed by atoms with Crippen LogP contribution in [0.2, 0.25) is 0 Å². The zero-order chi connectivity index (χ0) is 21.5. The minimum atomic E-state index is -0.739. The Hall–Kier alpha value is -2.67. The fourth-order valence-electron chi connectivity index (χ4n) is 3.39. The van der Waals surface area contributed by atoms with Crippen LogP contribution in [0, 0.1) is 0 Å². The number of ketones is 2. The third kappa shape index (κ3) is 3.55. The van der Waals surface area contributed by atoms with E-state index in [1.807, 2.05) is 0 Å². The van der Waals surface area contributed by atoms with Gasteiger partial charge in [-0.25, -0.2) is 4.79 Å². The molecule has 0 saturated carbocycles. The predicted molar refractivity (Wildman–Crippen MR) is 111 cm³/mol. The number of hydrogen-bond acceptors (Lipinski definition) is 6. The van der Waals surface area contributed by atoms with Gasteiger partial charge in [0.15, 0.2) is 11.6 Å². The van der Waals surface area contributed by atoms with E-state index in [0.29, 0.717) is 11.3 Å². The first-order chi connectivity index (χ1) is 13.6. The number of methoxy groups -OCH3 is 2. The molecule has 7 heteroatoms. The molecule has 0 saturated heterocycles. The summed E-state index contributed by atoms with van der Waals surface area (Å²) in [7, 11) is 2.84. The van der Waals surface area contributed by atoms with Gasteiger partial charge in [-0.15, -0.1) is 0 Å². The Kier molecular flexibility index (Phi) is 5.54. The zero-order valence-corrected chi connectivity index (χ0v) is 18.4. The van der Waals surface area contributed by atoms with E-state index in [-0.39, 0.29) is 50.5 Å². The number of esters is 1. The van der Waals surface area contributed by atoms with Gasteiger partial charge in [0.2, 0.25) is 0 Å². The molecule has 0 heterocycles. The second-order valence-electron chi connectivity index (χ2n) is 7.53. The van der Waals surface area contributed by atoms with Crippen molar-refractivity contribution in [3.8, 4) is 11.5 Å². The molecule has 0 aliphatic heterocycles. The highest BCUT2D eigenvalue weighted by Gasteiger charge is 2.38. The van der Waals surface area contributed by atoms with Crippen LogP contribution in [0.5, 0.6) is 11.5 Å². The van der Waals surface area contributed by atoms with Gasteiger partial charge in [-0.1, -0.05) is 28.1 Å². The number of carbonyl (C=O) groups is 3. The molecular weight excluding hydrogens is 440 g/mol. The van der Waals surface area contributed by atoms with Gasteiger partial charge < -0.3 is 14.2 Å². The van der Waals surface area contributed by atoms with Crippen molar-refractivity contribution in [2.24, 2.45) is 0 Å². The van der Waals surface area contributed by atoms with E-state index < -0.39 is 11.6 Å². The van der Waals surface area contributed by atoms with Crippen molar-refractivity contribution in [2.75, 3.05) is 14.2 Å². The summed E-state index contributed by atoms with van der Waals surface area (Å²) in [5, 5.41) is 0.157. The first kappa shape index (κ1) is 21.0. The second kappa shape index (κ2) is 7.63. The summed E-state index contributed by atoms with van der Waals surface area (Å²) in [5.74, 6) is -0.849. The number of benzene rings is 2. The fraction of sp³-hybridized carbons (Fsp3) is 0.318. The molecule has 2 aromatic carbocycles. The summed E-state index contributed by atoms with van der Waals surface area (Å²) in [6.07, 6.45) is 0. The van der Waals surface area contributed by atoms with Crippen molar-refractivity contribution >= 4 is 33.5 Å². The van der Waals surface area contributed by atoms with Gasteiger partial charge in [0.05, 0.1) is 19.8 Å². The van der Waals surface area contributed by atoms with Crippen LogP contribution >= 0.6 is 15.9 Å². The smallest absolute Gasteiger partial charge is 0.342 e. The van der Waals surface area contributed by atoms with Gasteiger partial charge in [-0.05, 0) is 38.5 Å². The largest absolute Gasteiger partial charge is 0.496 e. The molecule has 1 aliphatic rings. The van der Waals surface area contributed by atoms with Crippen molar-refractivity contribution in [2.45, 2.75) is 31.7 Å². The highest BCUT2D eigenvalue weighted by molar-refractivity contribution is 9.08. The van der Waals surface area contributed by atoms with E-state index in [2.05, 4.69) is 15.9 Å². The third-order valence-corrected chi connectivity index (χ3v) is 5.10. The standard InChI is InChI=1S/C22H21BrO6/c1-22(2,3)29-21(26)18-13(10-23)16-12(9-15(18)28-5)19(24)11-7-6-8-14(27-4)17(11)20(16)25/h6-9H,10H2,1-5H3. The first-order valence-corrected chi connectivity index (χ1v) is 10.1. The Labute approximate surface area is 177 Å². The predicted octanol–water partition coefficient (Wildman–Crippen LogP) is 4.33. The quantitative estimate of drug-likeness (QED) is 0.425. The summed E-state index contributed by atoms with van der Waals surface area (Å²) in [5.41, 5.74) is 0.530. The van der Waals surface area contributed by atoms with Gasteiger partial charge in [0.25, 0.3) is 0 Å². The van der Waals surface area contributed by atoms with Crippen LogP contribution in [0.1, 0.15) is 68.5 Å². The van der Waals surface area contributed by atoms with Gasteiger partial charge >= 0.3 is 5.97 Å². The molecule has 3 rings (SSSR count). The lowest BCUT2D eigenvalue weighted by atomic mass is 9.80. The normalized spacial score (nSPS) is 12.9. The van der Waals surface area contributed by atoms with Crippen molar-refractivity contribution < 1.29 is 28.6 Å². The zero-order valence-electron chi connectivity index (χ0n) is 16.8. The molecule has 0 spiro atoms. The molecule has 0 fully saturated rings. The topological polar surface area (TPSA) is 78.9 Å². The lowest BCUT2D eigenvalue weighted by molar-refractivity contribution is 0.00654. The van der Waals surface area contributed by atoms with Crippen LogP contribution in [-0.4, -0.2) is 37.4 Å². The van der Waals surface area contributed by atoms with Gasteiger partial charge in [0.1, 0.15) is 22.7 Å². The van der Waals surface area contributed by atoms with Crippen molar-refractivity contribution in [3.05, 3.63) is 57.6 Å². The molecule has 29 heavy (non-hydrogen) atoms. The first-order valence-electron chi connectivity index (χ1n) is 8.94. The SMILES string of the molecule is COc1cccc2c1C(=O)c1c(cc(OC)c(C(=O)OC(C)(C)C)c1CBr)C2=O. The van der Waals surface area contributed by atoms with Gasteiger partial charge in [-0.3, -0.25) is 9.59 Å². The van der Waals surface area contributed by atoms with Crippen LogP contribution in [0.3, 0.4) is 0 Å². The summed E-state index contributed by atoms with van der Waals surface area (Å²) in [6.45, 7) is 5.25. The number of halogens is 1. The minimum absolute atomic E-state index is 0.123. The van der Waals surface area contributed by atoms with Crippen LogP contribution in [0.25, 0.3) is 0 Å². The molecule has 2 aromatic rings. The molecule has 0 N–H and O–H groups in total. The minimum Gasteiger partial charge on any atom is -0.496 e. The lowest BCUT2D eigenvalue weighted by Crippen LogP contribution is -2.28. The average Bonchev–Trinajstić information content (AvgIpc) is 2.68. The summed E-state index contributed by atoms with van der Waals surface area (Å²) < 4.78 is 16.2. The van der Waals surface area contributed by atoms with Crippen LogP contribution in [0.4, 0.5) is 0 Å². The van der Waals surface area contributed by atoms with Crippen LogP contribution in [0.15, 0.2) is 24.3 Å². The summed E-state index contributed by atoms with van der Waals surface area (Å²) in [6, 6.07) is 6.30. The van der Waals surface area contributed by atoms with E-state index in [0.717, 1.165) is 0 Å².